The summed E-state index contributed by atoms with van der Waals surface area (Å²) in [6, 6.07) is 12.1. The van der Waals surface area contributed by atoms with Gasteiger partial charge >= 0.3 is 0 Å². The van der Waals surface area contributed by atoms with Gasteiger partial charge in [0.1, 0.15) is 17.9 Å². The normalized spacial score (nSPS) is 11.3. The topological polar surface area (TPSA) is 43.2 Å². The summed E-state index contributed by atoms with van der Waals surface area (Å²) in [4.78, 5) is 11.1. The van der Waals surface area contributed by atoms with E-state index in [4.69, 9.17) is 4.74 Å². The number of ether oxygens (including phenoxy) is 1. The van der Waals surface area contributed by atoms with Gasteiger partial charge in [-0.1, -0.05) is 18.2 Å². The summed E-state index contributed by atoms with van der Waals surface area (Å²) in [6.45, 7) is 4.26. The first-order valence-electron chi connectivity index (χ1n) is 7.77. The van der Waals surface area contributed by atoms with E-state index in [-0.39, 0.29) is 0 Å². The molecule has 0 fully saturated rings. The second-order valence-electron chi connectivity index (χ2n) is 5.93. The SMILES string of the molecule is Cc1ccc2ncn(Cc3ccccc3OCCN(C)C)c2n1. The zero-order valence-corrected chi connectivity index (χ0v) is 13.9. The molecule has 1 aromatic carbocycles. The molecule has 0 saturated heterocycles. The Labute approximate surface area is 136 Å². The second-order valence-corrected chi connectivity index (χ2v) is 5.93. The van der Waals surface area contributed by atoms with Crippen LogP contribution in [0.2, 0.25) is 0 Å². The van der Waals surface area contributed by atoms with E-state index < -0.39 is 0 Å². The fourth-order valence-electron chi connectivity index (χ4n) is 2.45. The van der Waals surface area contributed by atoms with E-state index in [1.807, 2.05) is 57.7 Å². The lowest BCUT2D eigenvalue weighted by Gasteiger charge is -2.14. The predicted molar refractivity (Wildman–Crippen MR) is 91.9 cm³/mol. The van der Waals surface area contributed by atoms with Crippen LogP contribution in [0.4, 0.5) is 0 Å². The van der Waals surface area contributed by atoms with Crippen LogP contribution in [0, 0.1) is 6.92 Å². The highest BCUT2D eigenvalue weighted by Gasteiger charge is 2.08. The van der Waals surface area contributed by atoms with Gasteiger partial charge in [-0.25, -0.2) is 9.97 Å². The van der Waals surface area contributed by atoms with Crippen molar-refractivity contribution in [1.29, 1.82) is 0 Å². The number of benzene rings is 1. The maximum absolute atomic E-state index is 5.94. The minimum Gasteiger partial charge on any atom is -0.492 e. The van der Waals surface area contributed by atoms with E-state index in [1.165, 1.54) is 0 Å². The molecule has 0 saturated carbocycles. The van der Waals surface area contributed by atoms with Crippen LogP contribution in [0.15, 0.2) is 42.7 Å². The first-order valence-corrected chi connectivity index (χ1v) is 7.77. The van der Waals surface area contributed by atoms with E-state index in [0.717, 1.165) is 34.7 Å². The van der Waals surface area contributed by atoms with Gasteiger partial charge in [0, 0.05) is 17.8 Å². The molecule has 0 spiro atoms. The van der Waals surface area contributed by atoms with Gasteiger partial charge in [-0.05, 0) is 39.2 Å². The van der Waals surface area contributed by atoms with Crippen molar-refractivity contribution in [2.75, 3.05) is 27.2 Å². The smallest absolute Gasteiger partial charge is 0.160 e. The molecule has 0 aliphatic heterocycles. The van der Waals surface area contributed by atoms with Crippen molar-refractivity contribution < 1.29 is 4.74 Å². The number of aromatic nitrogens is 3. The molecule has 0 N–H and O–H groups in total. The number of nitrogens with zero attached hydrogens (tertiary/aromatic N) is 4. The molecular formula is C18H22N4O. The van der Waals surface area contributed by atoms with Crippen molar-refractivity contribution in [1.82, 2.24) is 19.4 Å². The van der Waals surface area contributed by atoms with Crippen LogP contribution in [0.5, 0.6) is 5.75 Å². The van der Waals surface area contributed by atoms with Gasteiger partial charge in [-0.15, -0.1) is 0 Å². The summed E-state index contributed by atoms with van der Waals surface area (Å²) in [6.07, 6.45) is 1.84. The van der Waals surface area contributed by atoms with Gasteiger partial charge in [0.2, 0.25) is 0 Å². The van der Waals surface area contributed by atoms with Crippen LogP contribution in [-0.4, -0.2) is 46.7 Å². The summed E-state index contributed by atoms with van der Waals surface area (Å²) in [5.74, 6) is 0.920. The Morgan fingerprint density at radius 3 is 2.78 bits per heavy atom. The molecule has 5 heteroatoms. The minimum atomic E-state index is 0.673. The van der Waals surface area contributed by atoms with Crippen LogP contribution in [0.1, 0.15) is 11.3 Å². The number of hydrogen-bond acceptors (Lipinski definition) is 4. The number of rotatable bonds is 6. The molecule has 0 bridgehead atoms. The first-order chi connectivity index (χ1) is 11.1. The summed E-state index contributed by atoms with van der Waals surface area (Å²) >= 11 is 0. The summed E-state index contributed by atoms with van der Waals surface area (Å²) in [7, 11) is 4.09. The molecule has 0 atom stereocenters. The Bertz CT molecular complexity index is 795. The zero-order chi connectivity index (χ0) is 16.2. The first kappa shape index (κ1) is 15.5. The number of para-hydroxylation sites is 1. The average molecular weight is 310 g/mol. The van der Waals surface area contributed by atoms with Gasteiger partial charge in [0.05, 0.1) is 12.9 Å². The van der Waals surface area contributed by atoms with E-state index in [9.17, 15) is 0 Å². The maximum atomic E-state index is 5.94. The lowest BCUT2D eigenvalue weighted by atomic mass is 10.2. The van der Waals surface area contributed by atoms with Crippen molar-refractivity contribution in [3.63, 3.8) is 0 Å². The highest BCUT2D eigenvalue weighted by Crippen LogP contribution is 2.21. The summed E-state index contributed by atoms with van der Waals surface area (Å²) in [5, 5.41) is 0. The van der Waals surface area contributed by atoms with Crippen molar-refractivity contribution >= 4 is 11.2 Å². The molecule has 2 heterocycles. The molecule has 0 unspecified atom stereocenters. The fourth-order valence-corrected chi connectivity index (χ4v) is 2.45. The second kappa shape index (κ2) is 6.79. The van der Waals surface area contributed by atoms with Gasteiger partial charge in [-0.2, -0.15) is 0 Å². The largest absolute Gasteiger partial charge is 0.492 e. The number of aryl methyl sites for hydroxylation is 1. The molecule has 0 aliphatic carbocycles. The monoisotopic (exact) mass is 310 g/mol. The Balaban J connectivity index is 1.83. The molecule has 5 nitrogen and oxygen atoms in total. The molecule has 23 heavy (non-hydrogen) atoms. The third kappa shape index (κ3) is 3.68. The summed E-state index contributed by atoms with van der Waals surface area (Å²) in [5.41, 5.74) is 3.96. The van der Waals surface area contributed by atoms with Gasteiger partial charge in [-0.3, -0.25) is 0 Å². The van der Waals surface area contributed by atoms with Crippen molar-refractivity contribution in [3.05, 3.63) is 54.0 Å². The molecule has 3 aromatic rings. The number of hydrogen-bond donors (Lipinski definition) is 0. The van der Waals surface area contributed by atoms with Crippen molar-refractivity contribution in [2.45, 2.75) is 13.5 Å². The predicted octanol–water partition coefficient (Wildman–Crippen LogP) is 2.73. The Kier molecular flexibility index (Phi) is 4.57. The molecule has 2 aromatic heterocycles. The highest BCUT2D eigenvalue weighted by atomic mass is 16.5. The van der Waals surface area contributed by atoms with Crippen LogP contribution < -0.4 is 4.74 Å². The van der Waals surface area contributed by atoms with E-state index >= 15 is 0 Å². The fraction of sp³-hybridized carbons (Fsp3) is 0.333. The maximum Gasteiger partial charge on any atom is 0.160 e. The van der Waals surface area contributed by atoms with Crippen LogP contribution in [0.25, 0.3) is 11.2 Å². The Hall–Kier alpha value is -2.40. The third-order valence-corrected chi connectivity index (χ3v) is 3.71. The number of pyridine rings is 1. The minimum absolute atomic E-state index is 0.673. The lowest BCUT2D eigenvalue weighted by molar-refractivity contribution is 0.259. The van der Waals surface area contributed by atoms with Crippen molar-refractivity contribution in [2.24, 2.45) is 0 Å². The van der Waals surface area contributed by atoms with Gasteiger partial charge in [0.25, 0.3) is 0 Å². The van der Waals surface area contributed by atoms with Crippen molar-refractivity contribution in [3.8, 4) is 5.75 Å². The molecule has 3 rings (SSSR count). The van der Waals surface area contributed by atoms with E-state index in [2.05, 4.69) is 25.5 Å². The molecule has 0 radical (unpaired) electrons. The third-order valence-electron chi connectivity index (χ3n) is 3.71. The quantitative estimate of drug-likeness (QED) is 0.702. The Morgan fingerprint density at radius 1 is 1.13 bits per heavy atom. The Morgan fingerprint density at radius 2 is 1.96 bits per heavy atom. The molecule has 0 amide bonds. The van der Waals surface area contributed by atoms with E-state index in [0.29, 0.717) is 13.2 Å². The number of fused-ring (bicyclic) bond motifs is 1. The molecular weight excluding hydrogens is 288 g/mol. The van der Waals surface area contributed by atoms with Gasteiger partial charge in [0.15, 0.2) is 5.65 Å². The van der Waals surface area contributed by atoms with Gasteiger partial charge < -0.3 is 14.2 Å². The average Bonchev–Trinajstić information content (AvgIpc) is 2.91. The lowest BCUT2D eigenvalue weighted by Crippen LogP contribution is -2.19. The highest BCUT2D eigenvalue weighted by molar-refractivity contribution is 5.70. The number of imidazole rings is 1. The standard InChI is InChI=1S/C18H22N4O/c1-14-8-9-16-18(20-14)22(13-19-16)12-15-6-4-5-7-17(15)23-11-10-21(2)3/h4-9,13H,10-12H2,1-3H3. The van der Waals surface area contributed by atoms with Crippen LogP contribution in [0.3, 0.4) is 0 Å². The van der Waals surface area contributed by atoms with Crippen LogP contribution >= 0.6 is 0 Å². The van der Waals surface area contributed by atoms with Crippen LogP contribution in [-0.2, 0) is 6.54 Å². The van der Waals surface area contributed by atoms with E-state index in [1.54, 1.807) is 0 Å². The summed E-state index contributed by atoms with van der Waals surface area (Å²) < 4.78 is 8.00. The molecule has 0 aliphatic rings. The zero-order valence-electron chi connectivity index (χ0n) is 13.9. The number of likely N-dealkylation sites (N-methyl/N-ethyl adjacent to an activating group) is 1. The molecule has 120 valence electrons.